The van der Waals surface area contributed by atoms with Gasteiger partial charge in [-0.2, -0.15) is 5.26 Å². The summed E-state index contributed by atoms with van der Waals surface area (Å²) in [6, 6.07) is 27.1. The number of halogens is 1. The van der Waals surface area contributed by atoms with Crippen molar-refractivity contribution in [2.75, 3.05) is 18.4 Å². The number of nitriles is 1. The van der Waals surface area contributed by atoms with Crippen LogP contribution in [0.15, 0.2) is 85.1 Å². The van der Waals surface area contributed by atoms with Crippen molar-refractivity contribution in [2.24, 2.45) is 5.73 Å². The highest BCUT2D eigenvalue weighted by Gasteiger charge is 2.21. The summed E-state index contributed by atoms with van der Waals surface area (Å²) in [5, 5.41) is 13.0. The Kier molecular flexibility index (Phi) is 7.54. The second-order valence-electron chi connectivity index (χ2n) is 10.4. The zero-order chi connectivity index (χ0) is 29.1. The Morgan fingerprint density at radius 2 is 1.76 bits per heavy atom. The van der Waals surface area contributed by atoms with Crippen LogP contribution in [-0.2, 0) is 6.54 Å². The number of carbonyl (C=O) groups is 1. The van der Waals surface area contributed by atoms with E-state index in [4.69, 9.17) is 16.0 Å². The van der Waals surface area contributed by atoms with E-state index in [0.29, 0.717) is 16.9 Å². The van der Waals surface area contributed by atoms with Gasteiger partial charge in [0.2, 0.25) is 5.82 Å². The van der Waals surface area contributed by atoms with E-state index in [9.17, 15) is 4.79 Å². The van der Waals surface area contributed by atoms with Gasteiger partial charge in [0, 0.05) is 48.4 Å². The lowest BCUT2D eigenvalue weighted by Crippen LogP contribution is -2.38. The van der Waals surface area contributed by atoms with E-state index in [1.54, 1.807) is 18.3 Å². The van der Waals surface area contributed by atoms with Gasteiger partial charge in [0.15, 0.2) is 5.82 Å². The molecule has 0 unspecified atom stereocenters. The summed E-state index contributed by atoms with van der Waals surface area (Å²) >= 11 is 0. The number of hydrogen-bond acceptors (Lipinski definition) is 7. The Morgan fingerprint density at radius 1 is 1.00 bits per heavy atom. The molecular formula is C33H28FN7O. The van der Waals surface area contributed by atoms with Gasteiger partial charge in [-0.3, -0.25) is 9.69 Å². The number of rotatable bonds is 7. The summed E-state index contributed by atoms with van der Waals surface area (Å²) in [6.07, 6.45) is 3.52. The molecule has 8 nitrogen and oxygen atoms in total. The monoisotopic (exact) mass is 557 g/mol. The molecule has 3 heterocycles. The number of hydrogen-bond donors (Lipinski definition) is 2. The predicted octanol–water partition coefficient (Wildman–Crippen LogP) is 5.54. The van der Waals surface area contributed by atoms with Crippen molar-refractivity contribution in [3.8, 4) is 28.5 Å². The Balaban J connectivity index is 1.21. The van der Waals surface area contributed by atoms with Crippen LogP contribution in [0.5, 0.6) is 0 Å². The van der Waals surface area contributed by atoms with Gasteiger partial charge in [0.25, 0.3) is 5.91 Å². The highest BCUT2D eigenvalue weighted by molar-refractivity contribution is 5.99. The third-order valence-corrected chi connectivity index (χ3v) is 7.60. The minimum Gasteiger partial charge on any atom is -0.367 e. The fraction of sp³-hybridized carbons (Fsp3) is 0.182. The first-order valence-corrected chi connectivity index (χ1v) is 13.8. The number of carbonyl (C=O) groups excluding carboxylic acids is 1. The number of nitrogens with two attached hydrogens (primary N) is 1. The molecule has 0 radical (unpaired) electrons. The van der Waals surface area contributed by atoms with E-state index < -0.39 is 11.7 Å². The molecule has 1 saturated heterocycles. The fourth-order valence-electron chi connectivity index (χ4n) is 5.42. The predicted molar refractivity (Wildman–Crippen MR) is 160 cm³/mol. The molecule has 0 bridgehead atoms. The first-order valence-electron chi connectivity index (χ1n) is 13.8. The second kappa shape index (κ2) is 11.7. The molecule has 6 rings (SSSR count). The average molecular weight is 558 g/mol. The average Bonchev–Trinajstić information content (AvgIpc) is 3.02. The van der Waals surface area contributed by atoms with E-state index in [1.807, 2.05) is 54.6 Å². The largest absolute Gasteiger partial charge is 0.367 e. The van der Waals surface area contributed by atoms with Crippen molar-refractivity contribution in [3.63, 3.8) is 0 Å². The van der Waals surface area contributed by atoms with Crippen molar-refractivity contribution in [1.82, 2.24) is 19.9 Å². The molecule has 3 N–H and O–H groups in total. The molecule has 2 aromatic heterocycles. The van der Waals surface area contributed by atoms with Crippen LogP contribution >= 0.6 is 0 Å². The van der Waals surface area contributed by atoms with Crippen molar-refractivity contribution in [3.05, 3.63) is 108 Å². The van der Waals surface area contributed by atoms with Gasteiger partial charge in [0.1, 0.15) is 17.4 Å². The van der Waals surface area contributed by atoms with Crippen molar-refractivity contribution in [1.29, 1.82) is 5.26 Å². The van der Waals surface area contributed by atoms with E-state index >= 15 is 4.39 Å². The lowest BCUT2D eigenvalue weighted by atomic mass is 9.96. The third-order valence-electron chi connectivity index (χ3n) is 7.60. The van der Waals surface area contributed by atoms with Crippen LogP contribution in [0, 0.1) is 17.1 Å². The van der Waals surface area contributed by atoms with Gasteiger partial charge in [0.05, 0.1) is 11.3 Å². The quantitative estimate of drug-likeness (QED) is 0.269. The molecule has 208 valence electrons. The topological polar surface area (TPSA) is 121 Å². The number of piperidine rings is 1. The number of anilines is 1. The SMILES string of the molecule is N#Cc1nccc(NC2CCN(Cc3ccc(-c4nc5c(F)c(C(N)=O)ccc5cc4-c4ccccc4)cc3)CC2)n1. The molecule has 1 aliphatic heterocycles. The number of benzene rings is 3. The van der Waals surface area contributed by atoms with Crippen LogP contribution in [0.25, 0.3) is 33.3 Å². The fourth-order valence-corrected chi connectivity index (χ4v) is 5.42. The molecule has 0 saturated carbocycles. The number of nitrogens with zero attached hydrogens (tertiary/aromatic N) is 5. The summed E-state index contributed by atoms with van der Waals surface area (Å²) in [6.45, 7) is 2.68. The molecule has 42 heavy (non-hydrogen) atoms. The lowest BCUT2D eigenvalue weighted by molar-refractivity contribution is 0.0996. The first-order chi connectivity index (χ1) is 20.5. The van der Waals surface area contributed by atoms with E-state index in [0.717, 1.165) is 49.2 Å². The van der Waals surface area contributed by atoms with Crippen molar-refractivity contribution < 1.29 is 9.18 Å². The molecule has 0 spiro atoms. The van der Waals surface area contributed by atoms with Crippen LogP contribution in [0.1, 0.15) is 34.6 Å². The van der Waals surface area contributed by atoms with E-state index in [-0.39, 0.29) is 22.9 Å². The van der Waals surface area contributed by atoms with Crippen LogP contribution in [-0.4, -0.2) is 44.9 Å². The number of pyridine rings is 1. The summed E-state index contributed by atoms with van der Waals surface area (Å²) in [5.74, 6) is -0.688. The zero-order valence-electron chi connectivity index (χ0n) is 22.8. The maximum absolute atomic E-state index is 15.3. The summed E-state index contributed by atoms with van der Waals surface area (Å²) in [5.41, 5.74) is 9.84. The molecule has 9 heteroatoms. The van der Waals surface area contributed by atoms with Gasteiger partial charge in [-0.15, -0.1) is 0 Å². The Morgan fingerprint density at radius 3 is 2.48 bits per heavy atom. The number of aromatic nitrogens is 3. The zero-order valence-corrected chi connectivity index (χ0v) is 22.8. The molecule has 0 aliphatic carbocycles. The van der Waals surface area contributed by atoms with Crippen LogP contribution in [0.4, 0.5) is 10.2 Å². The highest BCUT2D eigenvalue weighted by atomic mass is 19.1. The van der Waals surface area contributed by atoms with E-state index in [1.165, 1.54) is 11.6 Å². The highest BCUT2D eigenvalue weighted by Crippen LogP contribution is 2.35. The van der Waals surface area contributed by atoms with Crippen LogP contribution in [0.2, 0.25) is 0 Å². The van der Waals surface area contributed by atoms with Gasteiger partial charge in [-0.05, 0) is 42.2 Å². The molecule has 1 aliphatic rings. The standard InChI is InChI=1S/C33H28FN7O/c34-30-26(33(36)42)11-10-24-18-27(22-4-2-1-3-5-22)31(40-32(24)30)23-8-6-21(7-9-23)20-41-16-13-25(14-17-41)38-28-12-15-37-29(19-35)39-28/h1-12,15,18,25H,13-14,16-17,20H2,(H2,36,42)(H,37,38,39). The number of likely N-dealkylation sites (tertiary alicyclic amines) is 1. The van der Waals surface area contributed by atoms with Crippen molar-refractivity contribution in [2.45, 2.75) is 25.4 Å². The third kappa shape index (κ3) is 5.66. The maximum Gasteiger partial charge on any atom is 0.251 e. The first kappa shape index (κ1) is 27.0. The molecule has 3 aromatic carbocycles. The molecule has 1 fully saturated rings. The van der Waals surface area contributed by atoms with Crippen molar-refractivity contribution >= 4 is 22.6 Å². The van der Waals surface area contributed by atoms with Gasteiger partial charge < -0.3 is 11.1 Å². The van der Waals surface area contributed by atoms with Crippen LogP contribution in [0.3, 0.4) is 0 Å². The number of amides is 1. The summed E-state index contributed by atoms with van der Waals surface area (Å²) in [4.78, 5) is 27.1. The molecule has 0 atom stereocenters. The van der Waals surface area contributed by atoms with Gasteiger partial charge in [-0.25, -0.2) is 19.3 Å². The minimum atomic E-state index is -0.823. The Labute approximate surface area is 242 Å². The van der Waals surface area contributed by atoms with Crippen LogP contribution < -0.4 is 11.1 Å². The number of primary amides is 1. The van der Waals surface area contributed by atoms with Gasteiger partial charge in [-0.1, -0.05) is 60.7 Å². The molecule has 5 aromatic rings. The Bertz CT molecular complexity index is 1790. The maximum atomic E-state index is 15.3. The number of nitrogens with one attached hydrogen (secondary N) is 1. The molecule has 1 amide bonds. The van der Waals surface area contributed by atoms with Gasteiger partial charge >= 0.3 is 0 Å². The summed E-state index contributed by atoms with van der Waals surface area (Å²) in [7, 11) is 0. The smallest absolute Gasteiger partial charge is 0.251 e. The Hall–Kier alpha value is -5.20. The molecular weight excluding hydrogens is 529 g/mol. The second-order valence-corrected chi connectivity index (χ2v) is 10.4. The minimum absolute atomic E-state index is 0.118. The number of fused-ring (bicyclic) bond motifs is 1. The lowest BCUT2D eigenvalue weighted by Gasteiger charge is -2.32. The summed E-state index contributed by atoms with van der Waals surface area (Å²) < 4.78 is 15.3. The van der Waals surface area contributed by atoms with E-state index in [2.05, 4.69) is 32.3 Å². The normalized spacial score (nSPS) is 14.0.